The van der Waals surface area contributed by atoms with Gasteiger partial charge >= 0.3 is 0 Å². The molecule has 6 heteroatoms. The molecule has 5 nitrogen and oxygen atoms in total. The van der Waals surface area contributed by atoms with Crippen molar-refractivity contribution in [2.75, 3.05) is 6.61 Å². The second kappa shape index (κ2) is 8.50. The number of carboxylic acids is 1. The summed E-state index contributed by atoms with van der Waals surface area (Å²) in [6, 6.07) is 0. The third-order valence-electron chi connectivity index (χ3n) is 5.92. The van der Waals surface area contributed by atoms with Crippen molar-refractivity contribution in [3.05, 3.63) is 0 Å². The maximum atomic E-state index is 11.1. The molecule has 2 rings (SSSR count). The van der Waals surface area contributed by atoms with Crippen LogP contribution in [0, 0.1) is 5.92 Å². The SMILES string of the molecule is CC(C)(C)[Si](C)(C)O[C@@H]1C[C@@H](CC(=O)[O-])C[C@@H](OC2CCCCO2)C1. The summed E-state index contributed by atoms with van der Waals surface area (Å²) in [5.74, 6) is -0.923. The largest absolute Gasteiger partial charge is 0.550 e. The lowest BCUT2D eigenvalue weighted by Gasteiger charge is -2.44. The van der Waals surface area contributed by atoms with Crippen LogP contribution in [-0.4, -0.2) is 39.4 Å². The van der Waals surface area contributed by atoms with E-state index in [0.29, 0.717) is 0 Å². The van der Waals surface area contributed by atoms with Gasteiger partial charge in [0.2, 0.25) is 0 Å². The molecule has 1 heterocycles. The molecule has 1 saturated heterocycles. The van der Waals surface area contributed by atoms with Gasteiger partial charge in [0.1, 0.15) is 0 Å². The first-order chi connectivity index (χ1) is 11.6. The van der Waals surface area contributed by atoms with Crippen LogP contribution in [0.5, 0.6) is 0 Å². The van der Waals surface area contributed by atoms with Crippen LogP contribution >= 0.6 is 0 Å². The average molecular weight is 372 g/mol. The molecule has 146 valence electrons. The molecule has 1 unspecified atom stereocenters. The monoisotopic (exact) mass is 371 g/mol. The summed E-state index contributed by atoms with van der Waals surface area (Å²) in [5.41, 5.74) is 0. The lowest BCUT2D eigenvalue weighted by atomic mass is 9.83. The van der Waals surface area contributed by atoms with Gasteiger partial charge in [0.25, 0.3) is 0 Å². The Bertz CT molecular complexity index is 440. The number of carboxylic acid groups (broad SMARTS) is 1. The highest BCUT2D eigenvalue weighted by Crippen LogP contribution is 2.41. The highest BCUT2D eigenvalue weighted by molar-refractivity contribution is 6.74. The van der Waals surface area contributed by atoms with Crippen LogP contribution in [0.25, 0.3) is 0 Å². The maximum absolute atomic E-state index is 11.1. The summed E-state index contributed by atoms with van der Waals surface area (Å²) in [5, 5.41) is 11.2. The highest BCUT2D eigenvalue weighted by Gasteiger charge is 2.41. The molecular weight excluding hydrogens is 336 g/mol. The van der Waals surface area contributed by atoms with Gasteiger partial charge in [-0.25, -0.2) is 0 Å². The van der Waals surface area contributed by atoms with Gasteiger partial charge in [-0.15, -0.1) is 0 Å². The molecule has 0 bridgehead atoms. The minimum absolute atomic E-state index is 0.0102. The minimum Gasteiger partial charge on any atom is -0.550 e. The Balaban J connectivity index is 2.01. The van der Waals surface area contributed by atoms with Gasteiger partial charge in [-0.1, -0.05) is 20.8 Å². The molecule has 0 radical (unpaired) electrons. The van der Waals surface area contributed by atoms with Crippen molar-refractivity contribution < 1.29 is 23.8 Å². The fourth-order valence-corrected chi connectivity index (χ4v) is 4.94. The summed E-state index contributed by atoms with van der Waals surface area (Å²) in [6.07, 6.45) is 5.53. The molecule has 25 heavy (non-hydrogen) atoms. The topological polar surface area (TPSA) is 67.8 Å². The number of hydrogen-bond donors (Lipinski definition) is 0. The zero-order valence-electron chi connectivity index (χ0n) is 16.5. The van der Waals surface area contributed by atoms with Crippen molar-refractivity contribution in [1.82, 2.24) is 0 Å². The summed E-state index contributed by atoms with van der Waals surface area (Å²) < 4.78 is 18.5. The number of carbonyl (C=O) groups excluding carboxylic acids is 1. The Labute approximate surface area is 153 Å². The summed E-state index contributed by atoms with van der Waals surface area (Å²) in [4.78, 5) is 11.1. The minimum atomic E-state index is -1.89. The zero-order valence-corrected chi connectivity index (χ0v) is 17.5. The van der Waals surface area contributed by atoms with Gasteiger partial charge in [-0.3, -0.25) is 0 Å². The van der Waals surface area contributed by atoms with Gasteiger partial charge in [0.15, 0.2) is 14.6 Å². The van der Waals surface area contributed by atoms with Crippen molar-refractivity contribution in [2.24, 2.45) is 5.92 Å². The maximum Gasteiger partial charge on any atom is 0.192 e. The van der Waals surface area contributed by atoms with Gasteiger partial charge < -0.3 is 23.8 Å². The number of rotatable bonds is 6. The second-order valence-corrected chi connectivity index (χ2v) is 14.0. The first-order valence-electron chi connectivity index (χ1n) is 9.71. The molecule has 0 aromatic rings. The predicted octanol–water partition coefficient (Wildman–Crippen LogP) is 3.23. The van der Waals surface area contributed by atoms with Gasteiger partial charge in [-0.2, -0.15) is 0 Å². The van der Waals surface area contributed by atoms with Crippen molar-refractivity contribution in [3.63, 3.8) is 0 Å². The average Bonchev–Trinajstić information content (AvgIpc) is 2.45. The van der Waals surface area contributed by atoms with Crippen molar-refractivity contribution in [1.29, 1.82) is 0 Å². The van der Waals surface area contributed by atoms with Crippen LogP contribution in [0.4, 0.5) is 0 Å². The Morgan fingerprint density at radius 3 is 2.40 bits per heavy atom. The molecule has 2 aliphatic rings. The molecule has 0 spiro atoms. The highest BCUT2D eigenvalue weighted by atomic mass is 28.4. The third kappa shape index (κ3) is 6.34. The fourth-order valence-electron chi connectivity index (χ4n) is 3.56. The smallest absolute Gasteiger partial charge is 0.192 e. The lowest BCUT2D eigenvalue weighted by Crippen LogP contribution is -2.47. The second-order valence-electron chi connectivity index (χ2n) is 9.20. The van der Waals surface area contributed by atoms with Crippen LogP contribution in [-0.2, 0) is 18.7 Å². The van der Waals surface area contributed by atoms with Crippen LogP contribution in [0.2, 0.25) is 18.1 Å². The van der Waals surface area contributed by atoms with Crippen molar-refractivity contribution in [3.8, 4) is 0 Å². The molecular formula is C19H35O5Si-. The van der Waals surface area contributed by atoms with E-state index in [1.165, 1.54) is 0 Å². The Kier molecular flexibility index (Phi) is 7.10. The normalized spacial score (nSPS) is 31.7. The Morgan fingerprint density at radius 1 is 1.16 bits per heavy atom. The predicted molar refractivity (Wildman–Crippen MR) is 97.5 cm³/mol. The quantitative estimate of drug-likeness (QED) is 0.671. The molecule has 0 aromatic heterocycles. The van der Waals surface area contributed by atoms with E-state index in [1.807, 2.05) is 0 Å². The van der Waals surface area contributed by atoms with Crippen LogP contribution in [0.15, 0.2) is 0 Å². The molecule has 0 aromatic carbocycles. The third-order valence-corrected chi connectivity index (χ3v) is 10.5. The van der Waals surface area contributed by atoms with E-state index in [0.717, 1.165) is 45.1 Å². The summed E-state index contributed by atoms with van der Waals surface area (Å²) in [7, 11) is -1.89. The Hall–Kier alpha value is -0.433. The zero-order chi connectivity index (χ0) is 18.7. The van der Waals surface area contributed by atoms with Gasteiger partial charge in [-0.05, 0) is 69.0 Å². The van der Waals surface area contributed by atoms with Crippen LogP contribution < -0.4 is 5.11 Å². The van der Waals surface area contributed by atoms with Gasteiger partial charge in [0, 0.05) is 18.7 Å². The fraction of sp³-hybridized carbons (Fsp3) is 0.947. The van der Waals surface area contributed by atoms with E-state index in [4.69, 9.17) is 13.9 Å². The molecule has 2 fully saturated rings. The number of aliphatic carboxylic acids is 1. The molecule has 1 saturated carbocycles. The van der Waals surface area contributed by atoms with Crippen LogP contribution in [0.1, 0.15) is 65.7 Å². The molecule has 1 aliphatic heterocycles. The van der Waals surface area contributed by atoms with Crippen molar-refractivity contribution in [2.45, 2.75) is 102 Å². The first-order valence-corrected chi connectivity index (χ1v) is 12.6. The summed E-state index contributed by atoms with van der Waals surface area (Å²) in [6.45, 7) is 11.9. The number of carbonyl (C=O) groups is 1. The van der Waals surface area contributed by atoms with E-state index >= 15 is 0 Å². The van der Waals surface area contributed by atoms with E-state index in [-0.39, 0.29) is 35.9 Å². The van der Waals surface area contributed by atoms with E-state index in [2.05, 4.69) is 33.9 Å². The molecule has 1 aliphatic carbocycles. The number of hydrogen-bond acceptors (Lipinski definition) is 5. The Morgan fingerprint density at radius 2 is 1.84 bits per heavy atom. The first kappa shape index (κ1) is 20.9. The van der Waals surface area contributed by atoms with Gasteiger partial charge in [0.05, 0.1) is 6.10 Å². The molecule has 4 atom stereocenters. The number of ether oxygens (including phenoxy) is 2. The van der Waals surface area contributed by atoms with E-state index in [1.54, 1.807) is 0 Å². The van der Waals surface area contributed by atoms with Crippen molar-refractivity contribution >= 4 is 14.3 Å². The molecule has 0 amide bonds. The lowest BCUT2D eigenvalue weighted by molar-refractivity contribution is -0.307. The molecule has 0 N–H and O–H groups in total. The van der Waals surface area contributed by atoms with Crippen LogP contribution in [0.3, 0.4) is 0 Å². The van der Waals surface area contributed by atoms with E-state index in [9.17, 15) is 9.90 Å². The standard InChI is InChI=1S/C19H36O5Si/c1-19(2,3)25(4,5)24-16-11-14(12-17(20)21)10-15(13-16)23-18-8-6-7-9-22-18/h14-16,18H,6-13H2,1-5H3,(H,20,21)/p-1/t14-,15+,16+,18?/m0/s1. The summed E-state index contributed by atoms with van der Waals surface area (Å²) >= 11 is 0. The van der Waals surface area contributed by atoms with E-state index < -0.39 is 14.3 Å².